The molecule has 2 aromatic rings. The van der Waals surface area contributed by atoms with E-state index in [2.05, 4.69) is 24.8 Å². The van der Waals surface area contributed by atoms with Gasteiger partial charge in [0.15, 0.2) is 5.82 Å². The largest absolute Gasteiger partial charge is 0.399 e. The van der Waals surface area contributed by atoms with Gasteiger partial charge in [0.05, 0.1) is 23.7 Å². The van der Waals surface area contributed by atoms with Crippen LogP contribution in [0.3, 0.4) is 0 Å². The molecular weight excluding hydrogens is 344 g/mol. The van der Waals surface area contributed by atoms with Gasteiger partial charge < -0.3 is 15.4 Å². The third kappa shape index (κ3) is 3.96. The summed E-state index contributed by atoms with van der Waals surface area (Å²) in [6.45, 7) is 7.78. The first-order valence-electron chi connectivity index (χ1n) is 9.27. The molecule has 0 bridgehead atoms. The van der Waals surface area contributed by atoms with Crippen LogP contribution in [-0.4, -0.2) is 41.5 Å². The summed E-state index contributed by atoms with van der Waals surface area (Å²) in [6.07, 6.45) is 2.64. The summed E-state index contributed by atoms with van der Waals surface area (Å²) in [7, 11) is 0. The van der Waals surface area contributed by atoms with E-state index >= 15 is 0 Å². The Morgan fingerprint density at radius 1 is 1.12 bits per heavy atom. The minimum absolute atomic E-state index is 0.0340. The van der Waals surface area contributed by atoms with Crippen molar-refractivity contribution in [2.45, 2.75) is 36.7 Å². The van der Waals surface area contributed by atoms with E-state index in [1.807, 2.05) is 36.0 Å². The SMILES string of the molecule is CC(C)(SC1CC1)c1cc(N2CCOCC2)nc(-c2ccc(N)cc2)n1. The Bertz CT molecular complexity index is 768. The zero-order valence-corrected chi connectivity index (χ0v) is 16.3. The zero-order valence-electron chi connectivity index (χ0n) is 15.4. The summed E-state index contributed by atoms with van der Waals surface area (Å²) in [5.74, 6) is 1.77. The zero-order chi connectivity index (χ0) is 18.1. The molecule has 138 valence electrons. The van der Waals surface area contributed by atoms with E-state index in [-0.39, 0.29) is 4.75 Å². The highest BCUT2D eigenvalue weighted by molar-refractivity contribution is 8.01. The number of nitrogen functional groups attached to an aromatic ring is 1. The normalized spacial score (nSPS) is 18.2. The van der Waals surface area contributed by atoms with Gasteiger partial charge in [0.1, 0.15) is 5.82 Å². The van der Waals surface area contributed by atoms with Crippen LogP contribution in [0, 0.1) is 0 Å². The van der Waals surface area contributed by atoms with Crippen molar-refractivity contribution in [3.05, 3.63) is 36.0 Å². The second-order valence-electron chi connectivity index (χ2n) is 7.48. The number of ether oxygens (including phenoxy) is 1. The van der Waals surface area contributed by atoms with E-state index in [1.165, 1.54) is 12.8 Å². The van der Waals surface area contributed by atoms with Gasteiger partial charge in [-0.2, -0.15) is 0 Å². The topological polar surface area (TPSA) is 64.3 Å². The quantitative estimate of drug-likeness (QED) is 0.810. The lowest BCUT2D eigenvalue weighted by atomic mass is 10.1. The maximum atomic E-state index is 5.85. The van der Waals surface area contributed by atoms with Gasteiger partial charge in [-0.3, -0.25) is 0 Å². The first-order valence-corrected chi connectivity index (χ1v) is 10.2. The first kappa shape index (κ1) is 17.6. The van der Waals surface area contributed by atoms with Crippen molar-refractivity contribution in [2.24, 2.45) is 0 Å². The molecule has 1 aliphatic heterocycles. The number of nitrogens with zero attached hydrogens (tertiary/aromatic N) is 3. The minimum atomic E-state index is -0.0340. The number of nitrogens with two attached hydrogens (primary N) is 1. The van der Waals surface area contributed by atoms with Crippen molar-refractivity contribution in [2.75, 3.05) is 36.9 Å². The van der Waals surface area contributed by atoms with E-state index in [9.17, 15) is 0 Å². The average Bonchev–Trinajstić information content (AvgIpc) is 3.46. The van der Waals surface area contributed by atoms with Crippen molar-refractivity contribution in [1.29, 1.82) is 0 Å². The maximum Gasteiger partial charge on any atom is 0.161 e. The Labute approximate surface area is 159 Å². The van der Waals surface area contributed by atoms with E-state index in [4.69, 9.17) is 20.4 Å². The summed E-state index contributed by atoms with van der Waals surface area (Å²) in [5, 5.41) is 0.770. The summed E-state index contributed by atoms with van der Waals surface area (Å²) >= 11 is 2.03. The van der Waals surface area contributed by atoms with Crippen molar-refractivity contribution >= 4 is 23.3 Å². The number of hydrogen-bond acceptors (Lipinski definition) is 6. The molecule has 5 nitrogen and oxygen atoms in total. The van der Waals surface area contributed by atoms with Gasteiger partial charge in [-0.25, -0.2) is 9.97 Å². The Hall–Kier alpha value is -1.79. The van der Waals surface area contributed by atoms with Gasteiger partial charge in [-0.15, -0.1) is 11.8 Å². The van der Waals surface area contributed by atoms with Crippen molar-refractivity contribution in [3.63, 3.8) is 0 Å². The molecule has 0 atom stereocenters. The number of rotatable bonds is 5. The first-order chi connectivity index (χ1) is 12.5. The fraction of sp³-hybridized carbons (Fsp3) is 0.500. The van der Waals surface area contributed by atoms with Gasteiger partial charge in [0, 0.05) is 35.7 Å². The Morgan fingerprint density at radius 3 is 2.46 bits per heavy atom. The molecule has 2 N–H and O–H groups in total. The van der Waals surface area contributed by atoms with Gasteiger partial charge >= 0.3 is 0 Å². The standard InChI is InChI=1S/C20H26N4OS/c1-20(2,26-16-7-8-16)17-13-18(24-9-11-25-12-10-24)23-19(22-17)14-3-5-15(21)6-4-14/h3-6,13,16H,7-12,21H2,1-2H3. The monoisotopic (exact) mass is 370 g/mol. The van der Waals surface area contributed by atoms with Crippen molar-refractivity contribution in [1.82, 2.24) is 9.97 Å². The van der Waals surface area contributed by atoms with Crippen LogP contribution in [0.4, 0.5) is 11.5 Å². The average molecular weight is 371 g/mol. The van der Waals surface area contributed by atoms with E-state index in [1.54, 1.807) is 0 Å². The molecule has 2 heterocycles. The highest BCUT2D eigenvalue weighted by atomic mass is 32.2. The molecule has 1 aromatic heterocycles. The molecule has 4 rings (SSSR count). The van der Waals surface area contributed by atoms with Crippen LogP contribution in [0.25, 0.3) is 11.4 Å². The lowest BCUT2D eigenvalue weighted by Gasteiger charge is -2.30. The van der Waals surface area contributed by atoms with Gasteiger partial charge in [-0.1, -0.05) is 0 Å². The van der Waals surface area contributed by atoms with Crippen LogP contribution in [0.2, 0.25) is 0 Å². The molecule has 0 spiro atoms. The van der Waals surface area contributed by atoms with Crippen LogP contribution in [0.5, 0.6) is 0 Å². The van der Waals surface area contributed by atoms with Crippen LogP contribution in [0.15, 0.2) is 30.3 Å². The fourth-order valence-electron chi connectivity index (χ4n) is 3.12. The lowest BCUT2D eigenvalue weighted by Crippen LogP contribution is -2.37. The smallest absolute Gasteiger partial charge is 0.161 e. The third-order valence-electron chi connectivity index (χ3n) is 4.82. The predicted octanol–water partition coefficient (Wildman–Crippen LogP) is 3.69. The van der Waals surface area contributed by atoms with Crippen molar-refractivity contribution < 1.29 is 4.74 Å². The second kappa shape index (κ2) is 7.08. The molecule has 0 amide bonds. The van der Waals surface area contributed by atoms with Crippen LogP contribution in [-0.2, 0) is 9.48 Å². The van der Waals surface area contributed by atoms with Gasteiger partial charge in [-0.05, 0) is 51.0 Å². The fourth-order valence-corrected chi connectivity index (χ4v) is 4.55. The molecule has 6 heteroatoms. The number of aromatic nitrogens is 2. The predicted molar refractivity (Wildman–Crippen MR) is 109 cm³/mol. The summed E-state index contributed by atoms with van der Waals surface area (Å²) < 4.78 is 5.47. The summed E-state index contributed by atoms with van der Waals surface area (Å²) in [4.78, 5) is 12.1. The minimum Gasteiger partial charge on any atom is -0.399 e. The van der Waals surface area contributed by atoms with E-state index < -0.39 is 0 Å². The summed E-state index contributed by atoms with van der Waals surface area (Å²) in [6, 6.07) is 9.98. The van der Waals surface area contributed by atoms with E-state index in [0.717, 1.165) is 60.1 Å². The highest BCUT2D eigenvalue weighted by Gasteiger charge is 2.34. The number of morpholine rings is 1. The molecular formula is C20H26N4OS. The number of hydrogen-bond donors (Lipinski definition) is 1. The third-order valence-corrected chi connectivity index (χ3v) is 6.42. The maximum absolute atomic E-state index is 5.85. The number of benzene rings is 1. The van der Waals surface area contributed by atoms with E-state index in [0.29, 0.717) is 0 Å². The van der Waals surface area contributed by atoms with Crippen LogP contribution < -0.4 is 10.6 Å². The second-order valence-corrected chi connectivity index (χ2v) is 9.41. The highest BCUT2D eigenvalue weighted by Crippen LogP contribution is 2.47. The Balaban J connectivity index is 1.74. The van der Waals surface area contributed by atoms with Gasteiger partial charge in [0.2, 0.25) is 0 Å². The molecule has 2 aliphatic rings. The summed E-state index contributed by atoms with van der Waals surface area (Å²) in [5.41, 5.74) is 8.70. The molecule has 26 heavy (non-hydrogen) atoms. The molecule has 2 fully saturated rings. The molecule has 0 radical (unpaired) electrons. The lowest BCUT2D eigenvalue weighted by molar-refractivity contribution is 0.122. The van der Waals surface area contributed by atoms with Crippen molar-refractivity contribution in [3.8, 4) is 11.4 Å². The van der Waals surface area contributed by atoms with Crippen LogP contribution in [0.1, 0.15) is 32.4 Å². The molecule has 1 aromatic carbocycles. The number of thioether (sulfide) groups is 1. The molecule has 1 saturated heterocycles. The van der Waals surface area contributed by atoms with Crippen LogP contribution >= 0.6 is 11.8 Å². The number of anilines is 2. The molecule has 1 saturated carbocycles. The Kier molecular flexibility index (Phi) is 4.80. The van der Waals surface area contributed by atoms with Gasteiger partial charge in [0.25, 0.3) is 0 Å². The molecule has 0 unspecified atom stereocenters. The molecule has 1 aliphatic carbocycles. The Morgan fingerprint density at radius 2 is 1.81 bits per heavy atom.